The van der Waals surface area contributed by atoms with E-state index in [1.54, 1.807) is 44.3 Å². The highest BCUT2D eigenvalue weighted by atomic mass is 32.2. The van der Waals surface area contributed by atoms with Crippen LogP contribution in [-0.4, -0.2) is 53.8 Å². The molecule has 0 radical (unpaired) electrons. The van der Waals surface area contributed by atoms with Crippen LogP contribution in [0.1, 0.15) is 28.2 Å². The third kappa shape index (κ3) is 4.23. The van der Waals surface area contributed by atoms with Gasteiger partial charge in [-0.15, -0.1) is 0 Å². The molecule has 1 atom stereocenters. The van der Waals surface area contributed by atoms with E-state index in [1.807, 2.05) is 0 Å². The normalized spacial score (nSPS) is 17.9. The van der Waals surface area contributed by atoms with Gasteiger partial charge >= 0.3 is 0 Å². The molecular formula is C18H19N5O3S. The summed E-state index contributed by atoms with van der Waals surface area (Å²) < 4.78 is 23.4. The van der Waals surface area contributed by atoms with Crippen molar-refractivity contribution in [3.63, 3.8) is 0 Å². The Kier molecular flexibility index (Phi) is 5.10. The van der Waals surface area contributed by atoms with Crippen molar-refractivity contribution in [2.24, 2.45) is 0 Å². The third-order valence-corrected chi connectivity index (χ3v) is 6.19. The molecule has 3 rings (SSSR count). The van der Waals surface area contributed by atoms with Crippen LogP contribution in [0.4, 0.5) is 11.6 Å². The number of anilines is 2. The minimum absolute atomic E-state index is 0.0278. The summed E-state index contributed by atoms with van der Waals surface area (Å²) in [6.45, 7) is 1.74. The quantitative estimate of drug-likeness (QED) is 0.851. The highest BCUT2D eigenvalue weighted by Crippen LogP contribution is 2.21. The van der Waals surface area contributed by atoms with Crippen molar-refractivity contribution >= 4 is 27.4 Å². The smallest absolute Gasteiger partial charge is 0.272 e. The first-order chi connectivity index (χ1) is 12.8. The fourth-order valence-electron chi connectivity index (χ4n) is 2.97. The molecule has 1 amide bonds. The summed E-state index contributed by atoms with van der Waals surface area (Å²) in [6.07, 6.45) is 0.426. The van der Waals surface area contributed by atoms with Crippen LogP contribution >= 0.6 is 0 Å². The Morgan fingerprint density at radius 3 is 2.74 bits per heavy atom. The van der Waals surface area contributed by atoms with Crippen LogP contribution in [0, 0.1) is 18.3 Å². The van der Waals surface area contributed by atoms with E-state index >= 15 is 0 Å². The van der Waals surface area contributed by atoms with Gasteiger partial charge < -0.3 is 10.2 Å². The van der Waals surface area contributed by atoms with E-state index < -0.39 is 9.84 Å². The molecule has 0 aliphatic carbocycles. The molecular weight excluding hydrogens is 366 g/mol. The summed E-state index contributed by atoms with van der Waals surface area (Å²) in [5.41, 5.74) is 1.73. The molecule has 2 aromatic rings. The predicted molar refractivity (Wildman–Crippen MR) is 100 cm³/mol. The maximum atomic E-state index is 12.8. The first-order valence-electron chi connectivity index (χ1n) is 8.38. The molecule has 2 heterocycles. The van der Waals surface area contributed by atoms with Gasteiger partial charge in [0.2, 0.25) is 5.95 Å². The number of benzene rings is 1. The largest absolute Gasteiger partial charge is 0.336 e. The lowest BCUT2D eigenvalue weighted by Gasteiger charge is -2.23. The van der Waals surface area contributed by atoms with Crippen molar-refractivity contribution in [1.29, 1.82) is 5.26 Å². The number of nitriles is 1. The van der Waals surface area contributed by atoms with Crippen molar-refractivity contribution in [1.82, 2.24) is 14.9 Å². The van der Waals surface area contributed by atoms with Crippen LogP contribution < -0.4 is 5.32 Å². The van der Waals surface area contributed by atoms with Crippen LogP contribution in [0.5, 0.6) is 0 Å². The van der Waals surface area contributed by atoms with E-state index in [2.05, 4.69) is 21.4 Å². The van der Waals surface area contributed by atoms with Gasteiger partial charge in [0.1, 0.15) is 11.8 Å². The molecule has 1 aliphatic rings. The molecule has 1 fully saturated rings. The maximum absolute atomic E-state index is 12.8. The Balaban J connectivity index is 1.85. The molecule has 1 aromatic carbocycles. The summed E-state index contributed by atoms with van der Waals surface area (Å²) in [5.74, 6) is -0.0943. The first-order valence-corrected chi connectivity index (χ1v) is 10.2. The lowest BCUT2D eigenvalue weighted by molar-refractivity contribution is 0.0741. The number of carbonyl (C=O) groups excluding carboxylic acids is 1. The predicted octanol–water partition coefficient (Wildman–Crippen LogP) is 1.66. The standard InChI is InChI=1S/C18H19N5O3S/c1-12-9-16(17(24)23(2)14-7-8-27(25,26)11-14)22-18(20-12)21-15-6-4-3-5-13(15)10-19/h3-6,9,14H,7-8,11H2,1-2H3,(H,20,21,22). The van der Waals surface area contributed by atoms with Crippen LogP contribution in [0.15, 0.2) is 30.3 Å². The average molecular weight is 385 g/mol. The molecule has 0 bridgehead atoms. The Hall–Kier alpha value is -2.99. The van der Waals surface area contributed by atoms with E-state index in [0.29, 0.717) is 23.4 Å². The Bertz CT molecular complexity index is 1030. The van der Waals surface area contributed by atoms with Gasteiger partial charge in [0, 0.05) is 18.8 Å². The zero-order valence-electron chi connectivity index (χ0n) is 15.0. The lowest BCUT2D eigenvalue weighted by Crippen LogP contribution is -2.38. The molecule has 9 heteroatoms. The van der Waals surface area contributed by atoms with Crippen LogP contribution in [0.3, 0.4) is 0 Å². The second-order valence-electron chi connectivity index (χ2n) is 6.47. The highest BCUT2D eigenvalue weighted by molar-refractivity contribution is 7.91. The van der Waals surface area contributed by atoms with Crippen LogP contribution in [0.2, 0.25) is 0 Å². The number of aryl methyl sites for hydroxylation is 1. The van der Waals surface area contributed by atoms with Crippen molar-refractivity contribution in [3.05, 3.63) is 47.3 Å². The SMILES string of the molecule is Cc1cc(C(=O)N(C)C2CCS(=O)(=O)C2)nc(Nc2ccccc2C#N)n1. The van der Waals surface area contributed by atoms with Gasteiger partial charge in [0.25, 0.3) is 5.91 Å². The van der Waals surface area contributed by atoms with Gasteiger partial charge in [-0.25, -0.2) is 18.4 Å². The number of amides is 1. The summed E-state index contributed by atoms with van der Waals surface area (Å²) in [7, 11) is -1.50. The van der Waals surface area contributed by atoms with Crippen molar-refractivity contribution in [3.8, 4) is 6.07 Å². The Labute approximate surface area is 157 Å². The number of aromatic nitrogens is 2. The molecule has 0 saturated carbocycles. The number of sulfone groups is 1. The molecule has 1 aromatic heterocycles. The third-order valence-electron chi connectivity index (χ3n) is 4.44. The van der Waals surface area contributed by atoms with Gasteiger partial charge in [-0.2, -0.15) is 5.26 Å². The Morgan fingerprint density at radius 1 is 1.33 bits per heavy atom. The summed E-state index contributed by atoms with van der Waals surface area (Å²) >= 11 is 0. The van der Waals surface area contributed by atoms with Crippen LogP contribution in [-0.2, 0) is 9.84 Å². The number of para-hydroxylation sites is 1. The Morgan fingerprint density at radius 2 is 2.07 bits per heavy atom. The molecule has 0 spiro atoms. The number of hydrogen-bond donors (Lipinski definition) is 1. The molecule has 1 aliphatic heterocycles. The molecule has 1 unspecified atom stereocenters. The van der Waals surface area contributed by atoms with Gasteiger partial charge in [-0.3, -0.25) is 4.79 Å². The van der Waals surface area contributed by atoms with Gasteiger partial charge in [-0.1, -0.05) is 12.1 Å². The number of carbonyl (C=O) groups is 1. The number of nitrogens with zero attached hydrogens (tertiary/aromatic N) is 4. The minimum atomic E-state index is -3.09. The second kappa shape index (κ2) is 7.32. The first kappa shape index (κ1) is 18.8. The topological polar surface area (TPSA) is 116 Å². The van der Waals surface area contributed by atoms with E-state index in [4.69, 9.17) is 0 Å². The lowest BCUT2D eigenvalue weighted by atomic mass is 10.2. The summed E-state index contributed by atoms with van der Waals surface area (Å²) in [5, 5.41) is 12.2. The number of nitrogens with one attached hydrogen (secondary N) is 1. The molecule has 1 N–H and O–H groups in total. The van der Waals surface area contributed by atoms with E-state index in [0.717, 1.165) is 0 Å². The summed E-state index contributed by atoms with van der Waals surface area (Å²) in [4.78, 5) is 22.7. The van der Waals surface area contributed by atoms with E-state index in [9.17, 15) is 18.5 Å². The fraction of sp³-hybridized carbons (Fsp3) is 0.333. The van der Waals surface area contributed by atoms with E-state index in [-0.39, 0.29) is 35.1 Å². The highest BCUT2D eigenvalue weighted by Gasteiger charge is 2.33. The number of rotatable bonds is 4. The summed E-state index contributed by atoms with van der Waals surface area (Å²) in [6, 6.07) is 10.2. The zero-order chi connectivity index (χ0) is 19.6. The van der Waals surface area contributed by atoms with Crippen LogP contribution in [0.25, 0.3) is 0 Å². The molecule has 8 nitrogen and oxygen atoms in total. The van der Waals surface area contributed by atoms with Gasteiger partial charge in [0.05, 0.1) is 22.8 Å². The van der Waals surface area contributed by atoms with E-state index in [1.165, 1.54) is 4.90 Å². The van der Waals surface area contributed by atoms with Crippen molar-refractivity contribution in [2.75, 3.05) is 23.9 Å². The molecule has 140 valence electrons. The van der Waals surface area contributed by atoms with Gasteiger partial charge in [0.15, 0.2) is 9.84 Å². The fourth-order valence-corrected chi connectivity index (χ4v) is 4.75. The van der Waals surface area contributed by atoms with Gasteiger partial charge in [-0.05, 0) is 31.5 Å². The van der Waals surface area contributed by atoms with Crippen molar-refractivity contribution in [2.45, 2.75) is 19.4 Å². The minimum Gasteiger partial charge on any atom is -0.336 e. The molecule has 27 heavy (non-hydrogen) atoms. The number of hydrogen-bond acceptors (Lipinski definition) is 7. The second-order valence-corrected chi connectivity index (χ2v) is 8.70. The van der Waals surface area contributed by atoms with Crippen molar-refractivity contribution < 1.29 is 13.2 Å². The maximum Gasteiger partial charge on any atom is 0.272 e. The molecule has 1 saturated heterocycles. The average Bonchev–Trinajstić information content (AvgIpc) is 3.00. The zero-order valence-corrected chi connectivity index (χ0v) is 15.8. The monoisotopic (exact) mass is 385 g/mol.